The zero-order valence-corrected chi connectivity index (χ0v) is 19.4. The van der Waals surface area contributed by atoms with Crippen molar-refractivity contribution in [2.75, 3.05) is 32.7 Å². The van der Waals surface area contributed by atoms with Crippen molar-refractivity contribution in [2.45, 2.75) is 23.7 Å². The molecule has 1 fully saturated rings. The molecule has 1 amide bonds. The highest BCUT2D eigenvalue weighted by atomic mass is 35.5. The van der Waals surface area contributed by atoms with E-state index in [1.54, 1.807) is 34.4 Å². The van der Waals surface area contributed by atoms with Crippen LogP contribution in [0.4, 0.5) is 0 Å². The molecule has 1 unspecified atom stereocenters. The van der Waals surface area contributed by atoms with Crippen LogP contribution >= 0.6 is 34.3 Å². The molecule has 0 radical (unpaired) electrons. The fraction of sp³-hybridized carbons (Fsp3) is 0.421. The minimum atomic E-state index is -3.54. The van der Waals surface area contributed by atoms with E-state index in [9.17, 15) is 13.2 Å². The van der Waals surface area contributed by atoms with Crippen LogP contribution in [0.15, 0.2) is 46.5 Å². The Bertz CT molecular complexity index is 935. The summed E-state index contributed by atoms with van der Waals surface area (Å²) in [6.45, 7) is 8.40. The summed E-state index contributed by atoms with van der Waals surface area (Å²) in [5.41, 5.74) is 0. The van der Waals surface area contributed by atoms with Gasteiger partial charge in [-0.25, -0.2) is 8.42 Å². The van der Waals surface area contributed by atoms with Gasteiger partial charge >= 0.3 is 0 Å². The Hall–Kier alpha value is -1.23. The molecule has 10 heteroatoms. The first-order valence-corrected chi connectivity index (χ1v) is 12.8. The molecule has 0 N–H and O–H groups in total. The van der Waals surface area contributed by atoms with Gasteiger partial charge in [0.15, 0.2) is 0 Å². The quantitative estimate of drug-likeness (QED) is 0.551. The van der Waals surface area contributed by atoms with Crippen molar-refractivity contribution in [3.8, 4) is 0 Å². The first kappa shape index (κ1) is 22.5. The largest absolute Gasteiger partial charge is 0.332 e. The van der Waals surface area contributed by atoms with Crippen molar-refractivity contribution in [3.63, 3.8) is 0 Å². The van der Waals surface area contributed by atoms with E-state index in [0.29, 0.717) is 43.6 Å². The van der Waals surface area contributed by atoms with Gasteiger partial charge in [-0.15, -0.1) is 29.3 Å². The Morgan fingerprint density at radius 1 is 1.31 bits per heavy atom. The maximum Gasteiger partial charge on any atom is 0.252 e. The summed E-state index contributed by atoms with van der Waals surface area (Å²) in [7, 11) is -3.54. The molecule has 0 aromatic carbocycles. The number of rotatable bonds is 8. The minimum Gasteiger partial charge on any atom is -0.332 e. The van der Waals surface area contributed by atoms with E-state index in [1.165, 1.54) is 4.31 Å². The third-order valence-corrected chi connectivity index (χ3v) is 9.37. The van der Waals surface area contributed by atoms with Gasteiger partial charge in [0.05, 0.1) is 16.9 Å². The summed E-state index contributed by atoms with van der Waals surface area (Å²) in [5.74, 6) is 0.0274. The number of halogens is 1. The molecule has 3 rings (SSSR count). The second-order valence-electron chi connectivity index (χ2n) is 6.76. The van der Waals surface area contributed by atoms with Gasteiger partial charge in [-0.2, -0.15) is 4.31 Å². The number of piperazine rings is 1. The van der Waals surface area contributed by atoms with Crippen LogP contribution in [0.3, 0.4) is 0 Å². The number of hydrogen-bond acceptors (Lipinski definition) is 6. The Labute approximate surface area is 185 Å². The average Bonchev–Trinajstić information content (AvgIpc) is 3.38. The summed E-state index contributed by atoms with van der Waals surface area (Å²) in [4.78, 5) is 18.0. The van der Waals surface area contributed by atoms with Crippen molar-refractivity contribution in [1.29, 1.82) is 0 Å². The maximum absolute atomic E-state index is 13.1. The fourth-order valence-electron chi connectivity index (χ4n) is 3.29. The van der Waals surface area contributed by atoms with E-state index in [2.05, 4.69) is 6.58 Å². The minimum absolute atomic E-state index is 0.0274. The normalized spacial score (nSPS) is 17.2. The summed E-state index contributed by atoms with van der Waals surface area (Å²) < 4.78 is 27.7. The monoisotopic (exact) mass is 473 g/mol. The first-order chi connectivity index (χ1) is 13.8. The molecule has 0 saturated carbocycles. The summed E-state index contributed by atoms with van der Waals surface area (Å²) >= 11 is 8.58. The number of hydrogen-bond donors (Lipinski definition) is 0. The van der Waals surface area contributed by atoms with Crippen molar-refractivity contribution in [3.05, 3.63) is 51.5 Å². The molecule has 1 atom stereocenters. The molecule has 2 aromatic heterocycles. The van der Waals surface area contributed by atoms with Gasteiger partial charge in [0, 0.05) is 37.6 Å². The van der Waals surface area contributed by atoms with Crippen LogP contribution in [0.5, 0.6) is 0 Å². The number of carbonyl (C=O) groups is 1. The molecule has 6 nitrogen and oxygen atoms in total. The lowest BCUT2D eigenvalue weighted by molar-refractivity contribution is -0.136. The Balaban J connectivity index is 1.61. The lowest BCUT2D eigenvalue weighted by Crippen LogP contribution is -2.55. The molecule has 0 aliphatic carbocycles. The van der Waals surface area contributed by atoms with Crippen LogP contribution in [-0.2, 0) is 21.4 Å². The van der Waals surface area contributed by atoms with Gasteiger partial charge < -0.3 is 4.90 Å². The predicted molar refractivity (Wildman–Crippen MR) is 119 cm³/mol. The summed E-state index contributed by atoms with van der Waals surface area (Å²) in [6.07, 6.45) is 1.73. The fourth-order valence-corrected chi connectivity index (χ4v) is 7.07. The third-order valence-electron chi connectivity index (χ3n) is 4.91. The van der Waals surface area contributed by atoms with Gasteiger partial charge in [0.1, 0.15) is 4.21 Å². The second kappa shape index (κ2) is 9.72. The lowest BCUT2D eigenvalue weighted by atomic mass is 10.2. The van der Waals surface area contributed by atoms with E-state index >= 15 is 0 Å². The standard InChI is InChI=1S/C19H24ClN3O3S3/c1-3-8-22(14-16-5-4-13-27-16)19(24)15(2)21-9-11-23(12-10-21)29(25,26)18-7-6-17(20)28-18/h3-7,13,15H,1,8-12,14H2,2H3. The highest BCUT2D eigenvalue weighted by molar-refractivity contribution is 7.91. The molecule has 1 saturated heterocycles. The van der Waals surface area contributed by atoms with Crippen LogP contribution in [0.25, 0.3) is 0 Å². The van der Waals surface area contributed by atoms with E-state index in [1.807, 2.05) is 29.3 Å². The molecule has 3 heterocycles. The van der Waals surface area contributed by atoms with E-state index in [4.69, 9.17) is 11.6 Å². The molecule has 1 aliphatic heterocycles. The van der Waals surface area contributed by atoms with Crippen molar-refractivity contribution >= 4 is 50.2 Å². The van der Waals surface area contributed by atoms with E-state index in [-0.39, 0.29) is 16.2 Å². The van der Waals surface area contributed by atoms with Gasteiger partial charge in [0.2, 0.25) is 5.91 Å². The van der Waals surface area contributed by atoms with E-state index < -0.39 is 10.0 Å². The van der Waals surface area contributed by atoms with Gasteiger partial charge in [0.25, 0.3) is 10.0 Å². The van der Waals surface area contributed by atoms with Crippen molar-refractivity contribution < 1.29 is 13.2 Å². The molecule has 158 valence electrons. The molecular weight excluding hydrogens is 450 g/mol. The van der Waals surface area contributed by atoms with Crippen molar-refractivity contribution in [1.82, 2.24) is 14.1 Å². The van der Waals surface area contributed by atoms with Gasteiger partial charge in [-0.3, -0.25) is 9.69 Å². The molecular formula is C19H24ClN3O3S3. The summed E-state index contributed by atoms with van der Waals surface area (Å²) in [5, 5.41) is 2.00. The number of sulfonamides is 1. The average molecular weight is 474 g/mol. The topological polar surface area (TPSA) is 60.9 Å². The highest BCUT2D eigenvalue weighted by Gasteiger charge is 2.33. The van der Waals surface area contributed by atoms with Crippen LogP contribution < -0.4 is 0 Å². The number of amides is 1. The third kappa shape index (κ3) is 5.28. The zero-order chi connectivity index (χ0) is 21.0. The molecule has 1 aliphatic rings. The smallest absolute Gasteiger partial charge is 0.252 e. The van der Waals surface area contributed by atoms with Crippen LogP contribution in [0, 0.1) is 0 Å². The molecule has 2 aromatic rings. The maximum atomic E-state index is 13.1. The molecule has 29 heavy (non-hydrogen) atoms. The second-order valence-corrected chi connectivity index (χ2v) is 11.7. The number of thiophene rings is 2. The number of carbonyl (C=O) groups excluding carboxylic acids is 1. The SMILES string of the molecule is C=CCN(Cc1cccs1)C(=O)C(C)N1CCN(S(=O)(=O)c2ccc(Cl)s2)CC1. The Morgan fingerprint density at radius 2 is 2.03 bits per heavy atom. The lowest BCUT2D eigenvalue weighted by Gasteiger charge is -2.38. The summed E-state index contributed by atoms with van der Waals surface area (Å²) in [6, 6.07) is 6.80. The first-order valence-electron chi connectivity index (χ1n) is 9.24. The van der Waals surface area contributed by atoms with Crippen molar-refractivity contribution in [2.24, 2.45) is 0 Å². The van der Waals surface area contributed by atoms with Crippen LogP contribution in [0.2, 0.25) is 4.34 Å². The van der Waals surface area contributed by atoms with Crippen LogP contribution in [-0.4, -0.2) is 67.2 Å². The number of nitrogens with zero attached hydrogens (tertiary/aromatic N) is 3. The van der Waals surface area contributed by atoms with Gasteiger partial charge in [-0.1, -0.05) is 23.7 Å². The Morgan fingerprint density at radius 3 is 2.59 bits per heavy atom. The van der Waals surface area contributed by atoms with Crippen LogP contribution in [0.1, 0.15) is 11.8 Å². The van der Waals surface area contributed by atoms with E-state index in [0.717, 1.165) is 16.2 Å². The Kier molecular flexibility index (Phi) is 7.53. The molecule has 0 spiro atoms. The molecule has 0 bridgehead atoms. The zero-order valence-electron chi connectivity index (χ0n) is 16.2. The highest BCUT2D eigenvalue weighted by Crippen LogP contribution is 2.28. The predicted octanol–water partition coefficient (Wildman–Crippen LogP) is 3.37. The van der Waals surface area contributed by atoms with Gasteiger partial charge in [-0.05, 0) is 30.5 Å².